The Bertz CT molecular complexity index is 696. The molecule has 0 radical (unpaired) electrons. The molecule has 120 valence electrons. The largest absolute Gasteiger partial charge is 0.496 e. The zero-order chi connectivity index (χ0) is 16.3. The fourth-order valence-electron chi connectivity index (χ4n) is 3.27. The predicted molar refractivity (Wildman–Crippen MR) is 86.8 cm³/mol. The maximum Gasteiger partial charge on any atom is 0.338 e. The van der Waals surface area contributed by atoms with E-state index in [0.717, 1.165) is 29.7 Å². The van der Waals surface area contributed by atoms with Gasteiger partial charge in [-0.05, 0) is 36.6 Å². The maximum atomic E-state index is 12.2. The molecule has 0 bridgehead atoms. The van der Waals surface area contributed by atoms with E-state index in [1.807, 2.05) is 24.3 Å². The summed E-state index contributed by atoms with van der Waals surface area (Å²) in [4.78, 5) is 12.2. The number of esters is 1. The SMILES string of the molecule is COc1cccc2c1C(CO)(COC(=O)c1ccccc1)CC2. The van der Waals surface area contributed by atoms with Crippen LogP contribution in [0.25, 0.3) is 0 Å². The van der Waals surface area contributed by atoms with Gasteiger partial charge >= 0.3 is 5.97 Å². The molecule has 0 aliphatic heterocycles. The molecule has 0 spiro atoms. The van der Waals surface area contributed by atoms with Crippen molar-refractivity contribution in [3.05, 3.63) is 65.2 Å². The van der Waals surface area contributed by atoms with Crippen molar-refractivity contribution < 1.29 is 19.4 Å². The minimum absolute atomic E-state index is 0.0809. The molecule has 0 heterocycles. The first-order chi connectivity index (χ1) is 11.2. The van der Waals surface area contributed by atoms with Gasteiger partial charge in [-0.3, -0.25) is 0 Å². The van der Waals surface area contributed by atoms with Gasteiger partial charge in [-0.15, -0.1) is 0 Å². The summed E-state index contributed by atoms with van der Waals surface area (Å²) in [6.45, 7) is 0.0625. The van der Waals surface area contributed by atoms with Crippen LogP contribution in [-0.2, 0) is 16.6 Å². The smallest absolute Gasteiger partial charge is 0.338 e. The quantitative estimate of drug-likeness (QED) is 0.863. The van der Waals surface area contributed by atoms with Crippen molar-refractivity contribution in [2.75, 3.05) is 20.3 Å². The lowest BCUT2D eigenvalue weighted by Crippen LogP contribution is -2.35. The molecule has 4 heteroatoms. The van der Waals surface area contributed by atoms with E-state index < -0.39 is 5.41 Å². The Morgan fingerprint density at radius 3 is 2.65 bits per heavy atom. The standard InChI is InChI=1S/C19H20O4/c1-22-16-9-5-8-14-10-11-19(12-20,17(14)16)13-23-18(21)15-6-3-2-4-7-15/h2-9,20H,10-13H2,1H3. The Balaban J connectivity index is 1.84. The lowest BCUT2D eigenvalue weighted by Gasteiger charge is -2.29. The summed E-state index contributed by atoms with van der Waals surface area (Å²) in [5, 5.41) is 10.0. The second-order valence-corrected chi connectivity index (χ2v) is 5.87. The number of fused-ring (bicyclic) bond motifs is 1. The average molecular weight is 312 g/mol. The third-order valence-corrected chi connectivity index (χ3v) is 4.53. The number of rotatable bonds is 5. The van der Waals surface area contributed by atoms with Gasteiger partial charge in [0.15, 0.2) is 0 Å². The molecule has 1 unspecified atom stereocenters. The molecule has 0 saturated carbocycles. The third kappa shape index (κ3) is 2.82. The number of ether oxygens (including phenoxy) is 2. The van der Waals surface area contributed by atoms with Crippen molar-refractivity contribution in [2.24, 2.45) is 0 Å². The Kier molecular flexibility index (Phi) is 4.35. The molecule has 3 rings (SSSR count). The van der Waals surface area contributed by atoms with Crippen molar-refractivity contribution in [3.63, 3.8) is 0 Å². The highest BCUT2D eigenvalue weighted by Gasteiger charge is 2.42. The van der Waals surface area contributed by atoms with E-state index in [-0.39, 0.29) is 19.2 Å². The first kappa shape index (κ1) is 15.6. The lowest BCUT2D eigenvalue weighted by molar-refractivity contribution is 0.0315. The minimum atomic E-state index is -0.591. The molecule has 4 nitrogen and oxygen atoms in total. The first-order valence-corrected chi connectivity index (χ1v) is 7.69. The van der Waals surface area contributed by atoms with E-state index in [1.54, 1.807) is 31.4 Å². The van der Waals surface area contributed by atoms with Crippen LogP contribution in [0.5, 0.6) is 5.75 Å². The summed E-state index contributed by atoms with van der Waals surface area (Å²) in [5.41, 5.74) is 2.03. The fraction of sp³-hybridized carbons (Fsp3) is 0.316. The number of hydrogen-bond donors (Lipinski definition) is 1. The number of carbonyl (C=O) groups is 1. The molecule has 0 aromatic heterocycles. The number of methoxy groups -OCH3 is 1. The van der Waals surface area contributed by atoms with Gasteiger partial charge in [0.2, 0.25) is 0 Å². The van der Waals surface area contributed by atoms with E-state index in [0.29, 0.717) is 5.56 Å². The van der Waals surface area contributed by atoms with Gasteiger partial charge in [0.05, 0.1) is 24.7 Å². The van der Waals surface area contributed by atoms with Crippen LogP contribution in [0.3, 0.4) is 0 Å². The van der Waals surface area contributed by atoms with Gasteiger partial charge < -0.3 is 14.6 Å². The van der Waals surface area contributed by atoms with Gasteiger partial charge in [0.1, 0.15) is 12.4 Å². The Labute approximate surface area is 135 Å². The van der Waals surface area contributed by atoms with Crippen LogP contribution in [0.2, 0.25) is 0 Å². The topological polar surface area (TPSA) is 55.8 Å². The van der Waals surface area contributed by atoms with Gasteiger partial charge in [0, 0.05) is 5.56 Å². The molecule has 23 heavy (non-hydrogen) atoms. The van der Waals surface area contributed by atoms with E-state index in [1.165, 1.54) is 0 Å². The van der Waals surface area contributed by atoms with E-state index >= 15 is 0 Å². The molecule has 0 fully saturated rings. The molecular weight excluding hydrogens is 292 g/mol. The minimum Gasteiger partial charge on any atom is -0.496 e. The molecular formula is C19H20O4. The van der Waals surface area contributed by atoms with Crippen LogP contribution in [-0.4, -0.2) is 31.4 Å². The number of aliphatic hydroxyl groups is 1. The van der Waals surface area contributed by atoms with Crippen molar-refractivity contribution in [1.29, 1.82) is 0 Å². The Hall–Kier alpha value is -2.33. The molecule has 1 aliphatic rings. The summed E-state index contributed by atoms with van der Waals surface area (Å²) in [6.07, 6.45) is 1.58. The van der Waals surface area contributed by atoms with Crippen LogP contribution < -0.4 is 4.74 Å². The molecule has 2 aromatic carbocycles. The van der Waals surface area contributed by atoms with Gasteiger partial charge in [-0.25, -0.2) is 4.79 Å². The zero-order valence-electron chi connectivity index (χ0n) is 13.1. The van der Waals surface area contributed by atoms with Crippen LogP contribution in [0, 0.1) is 0 Å². The molecule has 1 atom stereocenters. The molecule has 1 aliphatic carbocycles. The predicted octanol–water partition coefficient (Wildman–Crippen LogP) is 2.73. The highest BCUT2D eigenvalue weighted by molar-refractivity contribution is 5.89. The number of aliphatic hydroxyl groups excluding tert-OH is 1. The number of benzene rings is 2. The summed E-state index contributed by atoms with van der Waals surface area (Å²) < 4.78 is 11.0. The van der Waals surface area contributed by atoms with Gasteiger partial charge in [0.25, 0.3) is 0 Å². The van der Waals surface area contributed by atoms with Crippen LogP contribution in [0.4, 0.5) is 0 Å². The fourth-order valence-corrected chi connectivity index (χ4v) is 3.27. The summed E-state index contributed by atoms with van der Waals surface area (Å²) in [6, 6.07) is 14.7. The van der Waals surface area contributed by atoms with Gasteiger partial charge in [-0.2, -0.15) is 0 Å². The third-order valence-electron chi connectivity index (χ3n) is 4.53. The van der Waals surface area contributed by atoms with E-state index in [4.69, 9.17) is 9.47 Å². The lowest BCUT2D eigenvalue weighted by atomic mass is 9.83. The Morgan fingerprint density at radius 2 is 1.96 bits per heavy atom. The molecule has 0 saturated heterocycles. The van der Waals surface area contributed by atoms with E-state index in [2.05, 4.69) is 0 Å². The van der Waals surface area contributed by atoms with Crippen molar-refractivity contribution in [3.8, 4) is 5.75 Å². The summed E-state index contributed by atoms with van der Waals surface area (Å²) in [5.74, 6) is 0.367. The normalized spacial score (nSPS) is 19.2. The maximum absolute atomic E-state index is 12.2. The first-order valence-electron chi connectivity index (χ1n) is 7.69. The second-order valence-electron chi connectivity index (χ2n) is 5.87. The van der Waals surface area contributed by atoms with E-state index in [9.17, 15) is 9.90 Å². The van der Waals surface area contributed by atoms with Crippen molar-refractivity contribution >= 4 is 5.97 Å². The molecule has 2 aromatic rings. The zero-order valence-corrected chi connectivity index (χ0v) is 13.1. The molecule has 1 N–H and O–H groups in total. The number of aryl methyl sites for hydroxylation is 1. The summed E-state index contributed by atoms with van der Waals surface area (Å²) in [7, 11) is 1.62. The summed E-state index contributed by atoms with van der Waals surface area (Å²) >= 11 is 0. The number of hydrogen-bond acceptors (Lipinski definition) is 4. The average Bonchev–Trinajstić information content (AvgIpc) is 3.00. The highest BCUT2D eigenvalue weighted by Crippen LogP contribution is 2.44. The van der Waals surface area contributed by atoms with Crippen molar-refractivity contribution in [2.45, 2.75) is 18.3 Å². The number of carbonyl (C=O) groups excluding carboxylic acids is 1. The monoisotopic (exact) mass is 312 g/mol. The van der Waals surface area contributed by atoms with Crippen LogP contribution in [0.15, 0.2) is 48.5 Å². The Morgan fingerprint density at radius 1 is 1.17 bits per heavy atom. The van der Waals surface area contributed by atoms with Crippen molar-refractivity contribution in [1.82, 2.24) is 0 Å². The second kappa shape index (κ2) is 6.42. The molecule has 0 amide bonds. The highest BCUT2D eigenvalue weighted by atomic mass is 16.5. The van der Waals surface area contributed by atoms with Crippen LogP contribution in [0.1, 0.15) is 27.9 Å². The van der Waals surface area contributed by atoms with Gasteiger partial charge in [-0.1, -0.05) is 30.3 Å². The van der Waals surface area contributed by atoms with Crippen LogP contribution >= 0.6 is 0 Å².